The first kappa shape index (κ1) is 26.2. The van der Waals surface area contributed by atoms with Gasteiger partial charge in [0.05, 0.1) is 24.5 Å². The van der Waals surface area contributed by atoms with Crippen molar-refractivity contribution in [1.29, 1.82) is 0 Å². The van der Waals surface area contributed by atoms with Crippen molar-refractivity contribution < 1.29 is 19.1 Å². The SMILES string of the molecule is CCCCOc1ccc(-c2nnc(SCC(=O)Nc3sc4c(c3C(=O)OCC)CCC4)n2CC)cc1. The van der Waals surface area contributed by atoms with E-state index in [-0.39, 0.29) is 17.6 Å². The number of hydrogen-bond donors (Lipinski definition) is 1. The van der Waals surface area contributed by atoms with E-state index in [0.29, 0.717) is 35.5 Å². The monoisotopic (exact) mass is 528 g/mol. The second-order valence-electron chi connectivity index (χ2n) is 8.40. The number of ether oxygens (including phenoxy) is 2. The fraction of sp³-hybridized carbons (Fsp3) is 0.462. The molecule has 4 rings (SSSR count). The Hall–Kier alpha value is -2.85. The number of thiophene rings is 1. The normalized spacial score (nSPS) is 12.4. The number of carbonyl (C=O) groups excluding carboxylic acids is 2. The average molecular weight is 529 g/mol. The first-order valence-corrected chi connectivity index (χ1v) is 14.3. The molecule has 0 spiro atoms. The van der Waals surface area contributed by atoms with Gasteiger partial charge in [0, 0.05) is 17.0 Å². The molecule has 10 heteroatoms. The van der Waals surface area contributed by atoms with Crippen LogP contribution in [0.5, 0.6) is 5.75 Å². The molecule has 0 aliphatic heterocycles. The van der Waals surface area contributed by atoms with Crippen LogP contribution in [0.2, 0.25) is 0 Å². The molecular formula is C26H32N4O4S2. The molecular weight excluding hydrogens is 496 g/mol. The van der Waals surface area contributed by atoms with Gasteiger partial charge in [-0.15, -0.1) is 21.5 Å². The summed E-state index contributed by atoms with van der Waals surface area (Å²) >= 11 is 2.81. The van der Waals surface area contributed by atoms with Crippen LogP contribution in [0.1, 0.15) is 60.8 Å². The van der Waals surface area contributed by atoms with Gasteiger partial charge in [-0.05, 0) is 69.4 Å². The third kappa shape index (κ3) is 5.92. The fourth-order valence-corrected chi connectivity index (χ4v) is 6.23. The molecule has 1 aliphatic rings. The summed E-state index contributed by atoms with van der Waals surface area (Å²) in [6, 6.07) is 7.84. The zero-order valence-electron chi connectivity index (χ0n) is 21.0. The Labute approximate surface area is 219 Å². The van der Waals surface area contributed by atoms with E-state index in [9.17, 15) is 9.59 Å². The lowest BCUT2D eigenvalue weighted by Gasteiger charge is -2.09. The number of aryl methyl sites for hydroxylation is 1. The number of fused-ring (bicyclic) bond motifs is 1. The van der Waals surface area contributed by atoms with Crippen molar-refractivity contribution in [3.05, 3.63) is 40.3 Å². The van der Waals surface area contributed by atoms with Crippen LogP contribution >= 0.6 is 23.1 Å². The molecule has 8 nitrogen and oxygen atoms in total. The molecule has 0 saturated heterocycles. The number of amides is 1. The predicted octanol–water partition coefficient (Wildman–Crippen LogP) is 5.60. The topological polar surface area (TPSA) is 95.3 Å². The third-order valence-corrected chi connectivity index (χ3v) is 8.07. The highest BCUT2D eigenvalue weighted by molar-refractivity contribution is 7.99. The number of esters is 1. The lowest BCUT2D eigenvalue weighted by molar-refractivity contribution is -0.113. The molecule has 0 saturated carbocycles. The molecule has 1 N–H and O–H groups in total. The van der Waals surface area contributed by atoms with E-state index in [4.69, 9.17) is 9.47 Å². The van der Waals surface area contributed by atoms with E-state index in [1.807, 2.05) is 35.8 Å². The Morgan fingerprint density at radius 3 is 2.67 bits per heavy atom. The van der Waals surface area contributed by atoms with Crippen molar-refractivity contribution in [3.8, 4) is 17.1 Å². The van der Waals surface area contributed by atoms with E-state index < -0.39 is 0 Å². The van der Waals surface area contributed by atoms with Crippen LogP contribution in [0.25, 0.3) is 11.4 Å². The number of nitrogens with one attached hydrogen (secondary N) is 1. The number of rotatable bonds is 12. The molecule has 0 atom stereocenters. The summed E-state index contributed by atoms with van der Waals surface area (Å²) < 4.78 is 13.0. The summed E-state index contributed by atoms with van der Waals surface area (Å²) in [4.78, 5) is 26.5. The minimum absolute atomic E-state index is 0.160. The van der Waals surface area contributed by atoms with Gasteiger partial charge in [0.15, 0.2) is 11.0 Å². The van der Waals surface area contributed by atoms with E-state index in [2.05, 4.69) is 22.4 Å². The summed E-state index contributed by atoms with van der Waals surface area (Å²) in [6.45, 7) is 7.63. The molecule has 0 fully saturated rings. The highest BCUT2D eigenvalue weighted by atomic mass is 32.2. The van der Waals surface area contributed by atoms with Gasteiger partial charge < -0.3 is 19.4 Å². The minimum atomic E-state index is -0.364. The highest BCUT2D eigenvalue weighted by Crippen LogP contribution is 2.39. The summed E-state index contributed by atoms with van der Waals surface area (Å²) in [6.07, 6.45) is 4.93. The van der Waals surface area contributed by atoms with Crippen LogP contribution < -0.4 is 10.1 Å². The van der Waals surface area contributed by atoms with Gasteiger partial charge in [0.25, 0.3) is 0 Å². The Kier molecular flexibility index (Phi) is 9.03. The molecule has 0 bridgehead atoms. The van der Waals surface area contributed by atoms with Crippen LogP contribution in [0.3, 0.4) is 0 Å². The fourth-order valence-electron chi connectivity index (χ4n) is 4.13. The number of thioether (sulfide) groups is 1. The Morgan fingerprint density at radius 1 is 1.14 bits per heavy atom. The van der Waals surface area contributed by atoms with Gasteiger partial charge in [-0.1, -0.05) is 25.1 Å². The van der Waals surface area contributed by atoms with Crippen molar-refractivity contribution in [3.63, 3.8) is 0 Å². The van der Waals surface area contributed by atoms with Gasteiger partial charge in [-0.25, -0.2) is 4.79 Å². The van der Waals surface area contributed by atoms with Crippen LogP contribution in [0.15, 0.2) is 29.4 Å². The molecule has 1 aromatic carbocycles. The Bertz CT molecular complexity index is 1200. The van der Waals surface area contributed by atoms with Crippen LogP contribution in [-0.4, -0.2) is 45.6 Å². The quantitative estimate of drug-likeness (QED) is 0.186. The van der Waals surface area contributed by atoms with Crippen LogP contribution in [0, 0.1) is 0 Å². The number of carbonyl (C=O) groups is 2. The average Bonchev–Trinajstić information content (AvgIpc) is 3.57. The standard InChI is InChI=1S/C26H32N4O4S2/c1-4-7-15-34-18-13-11-17(12-14-18)23-28-29-26(30(23)5-2)35-16-21(31)27-24-22(25(32)33-6-3)19-9-8-10-20(19)36-24/h11-14H,4-10,15-16H2,1-3H3,(H,27,31). The molecule has 0 unspecified atom stereocenters. The van der Waals surface area contributed by atoms with Crippen LogP contribution in [0.4, 0.5) is 5.00 Å². The molecule has 1 aliphatic carbocycles. The molecule has 36 heavy (non-hydrogen) atoms. The number of benzene rings is 1. The maximum atomic E-state index is 12.8. The zero-order chi connectivity index (χ0) is 25.5. The number of hydrogen-bond acceptors (Lipinski definition) is 8. The van der Waals surface area contributed by atoms with Crippen molar-refractivity contribution in [2.45, 2.75) is 64.6 Å². The molecule has 0 radical (unpaired) electrons. The Morgan fingerprint density at radius 2 is 1.94 bits per heavy atom. The molecule has 3 aromatic rings. The van der Waals surface area contributed by atoms with Crippen molar-refractivity contribution in [2.24, 2.45) is 0 Å². The molecule has 1 amide bonds. The van der Waals surface area contributed by atoms with E-state index in [1.165, 1.54) is 23.1 Å². The number of anilines is 1. The molecule has 2 heterocycles. The highest BCUT2D eigenvalue weighted by Gasteiger charge is 2.28. The van der Waals surface area contributed by atoms with E-state index in [1.54, 1.807) is 6.92 Å². The Balaban J connectivity index is 1.41. The molecule has 192 valence electrons. The summed E-state index contributed by atoms with van der Waals surface area (Å²) in [7, 11) is 0. The lowest BCUT2D eigenvalue weighted by Crippen LogP contribution is -2.17. The molecule has 2 aromatic heterocycles. The maximum absolute atomic E-state index is 12.8. The van der Waals surface area contributed by atoms with E-state index >= 15 is 0 Å². The van der Waals surface area contributed by atoms with Gasteiger partial charge in [-0.3, -0.25) is 4.79 Å². The first-order chi connectivity index (χ1) is 17.5. The van der Waals surface area contributed by atoms with Crippen molar-refractivity contribution in [2.75, 3.05) is 24.3 Å². The second kappa shape index (κ2) is 12.4. The summed E-state index contributed by atoms with van der Waals surface area (Å²) in [5.74, 6) is 1.19. The van der Waals surface area contributed by atoms with Gasteiger partial charge in [0.1, 0.15) is 10.8 Å². The lowest BCUT2D eigenvalue weighted by atomic mass is 10.1. The second-order valence-corrected chi connectivity index (χ2v) is 10.4. The van der Waals surface area contributed by atoms with Crippen molar-refractivity contribution in [1.82, 2.24) is 14.8 Å². The van der Waals surface area contributed by atoms with Gasteiger partial charge in [-0.2, -0.15) is 0 Å². The smallest absolute Gasteiger partial charge is 0.341 e. The number of nitrogens with zero attached hydrogens (tertiary/aromatic N) is 3. The summed E-state index contributed by atoms with van der Waals surface area (Å²) in [5.41, 5.74) is 2.49. The largest absolute Gasteiger partial charge is 0.494 e. The first-order valence-electron chi connectivity index (χ1n) is 12.5. The van der Waals surface area contributed by atoms with Gasteiger partial charge in [0.2, 0.25) is 5.91 Å². The van der Waals surface area contributed by atoms with Crippen LogP contribution in [-0.2, 0) is 28.9 Å². The predicted molar refractivity (Wildman–Crippen MR) is 143 cm³/mol. The maximum Gasteiger partial charge on any atom is 0.341 e. The summed E-state index contributed by atoms with van der Waals surface area (Å²) in [5, 5.41) is 12.9. The van der Waals surface area contributed by atoms with Gasteiger partial charge >= 0.3 is 5.97 Å². The number of aromatic nitrogens is 3. The third-order valence-electron chi connectivity index (χ3n) is 5.90. The zero-order valence-corrected chi connectivity index (χ0v) is 22.6. The van der Waals surface area contributed by atoms with E-state index in [0.717, 1.165) is 59.7 Å². The van der Waals surface area contributed by atoms with Crippen molar-refractivity contribution >= 4 is 40.0 Å². The number of unbranched alkanes of at least 4 members (excludes halogenated alkanes) is 1. The minimum Gasteiger partial charge on any atom is -0.494 e.